The highest BCUT2D eigenvalue weighted by molar-refractivity contribution is 5.85. The third kappa shape index (κ3) is 2.28. The second-order valence-corrected chi connectivity index (χ2v) is 5.68. The zero-order valence-electron chi connectivity index (χ0n) is 12.2. The van der Waals surface area contributed by atoms with Crippen molar-refractivity contribution in [1.29, 1.82) is 0 Å². The highest BCUT2D eigenvalue weighted by atomic mass is 15.1. The van der Waals surface area contributed by atoms with Gasteiger partial charge in [0, 0.05) is 37.2 Å². The Bertz CT molecular complexity index is 598. The smallest absolute Gasteiger partial charge is 0.0484 e. The lowest BCUT2D eigenvalue weighted by Crippen LogP contribution is -2.15. The molecule has 3 nitrogen and oxygen atoms in total. The van der Waals surface area contributed by atoms with Gasteiger partial charge in [-0.25, -0.2) is 0 Å². The molecular formula is C16H23N3. The van der Waals surface area contributed by atoms with Crippen LogP contribution in [0.4, 0.5) is 0 Å². The summed E-state index contributed by atoms with van der Waals surface area (Å²) in [6.45, 7) is 6.44. The van der Waals surface area contributed by atoms with Crippen LogP contribution in [0, 0.1) is 0 Å². The number of rotatable bonds is 4. The van der Waals surface area contributed by atoms with Crippen molar-refractivity contribution in [3.8, 4) is 0 Å². The van der Waals surface area contributed by atoms with Crippen LogP contribution in [0.3, 0.4) is 0 Å². The fourth-order valence-corrected chi connectivity index (χ4v) is 3.13. The lowest BCUT2D eigenvalue weighted by molar-refractivity contribution is 0.353. The quantitative estimate of drug-likeness (QED) is 0.848. The van der Waals surface area contributed by atoms with Crippen LogP contribution in [-0.2, 0) is 26.6 Å². The van der Waals surface area contributed by atoms with Crippen molar-refractivity contribution in [2.75, 3.05) is 20.1 Å². The molecule has 102 valence electrons. The maximum atomic E-state index is 3.41. The van der Waals surface area contributed by atoms with E-state index < -0.39 is 0 Å². The van der Waals surface area contributed by atoms with Crippen LogP contribution in [0.5, 0.6) is 0 Å². The van der Waals surface area contributed by atoms with Gasteiger partial charge in [-0.1, -0.05) is 6.92 Å². The molecule has 0 atom stereocenters. The van der Waals surface area contributed by atoms with Crippen LogP contribution < -0.4 is 5.32 Å². The van der Waals surface area contributed by atoms with E-state index in [9.17, 15) is 0 Å². The van der Waals surface area contributed by atoms with Gasteiger partial charge < -0.3 is 9.88 Å². The molecular weight excluding hydrogens is 234 g/mol. The van der Waals surface area contributed by atoms with Gasteiger partial charge in [-0.2, -0.15) is 0 Å². The summed E-state index contributed by atoms with van der Waals surface area (Å²) in [5, 5.41) is 4.85. The van der Waals surface area contributed by atoms with Crippen LogP contribution in [0.2, 0.25) is 0 Å². The summed E-state index contributed by atoms with van der Waals surface area (Å²) in [4.78, 5) is 2.38. The fourth-order valence-electron chi connectivity index (χ4n) is 3.13. The Labute approximate surface area is 115 Å². The lowest BCUT2D eigenvalue weighted by atomic mass is 10.0. The number of nitrogens with zero attached hydrogens (tertiary/aromatic N) is 2. The van der Waals surface area contributed by atoms with Gasteiger partial charge in [0.25, 0.3) is 0 Å². The average Bonchev–Trinajstić information content (AvgIpc) is 2.88. The first-order valence-corrected chi connectivity index (χ1v) is 7.18. The number of benzene rings is 1. The van der Waals surface area contributed by atoms with Gasteiger partial charge in [0.05, 0.1) is 0 Å². The Morgan fingerprint density at radius 2 is 1.89 bits per heavy atom. The first-order valence-electron chi connectivity index (χ1n) is 7.18. The molecule has 1 aromatic heterocycles. The number of aryl methyl sites for hydroxylation is 1. The van der Waals surface area contributed by atoms with Crippen LogP contribution in [0.25, 0.3) is 10.9 Å². The molecule has 3 rings (SSSR count). The van der Waals surface area contributed by atoms with Gasteiger partial charge >= 0.3 is 0 Å². The minimum absolute atomic E-state index is 1.05. The van der Waals surface area contributed by atoms with E-state index >= 15 is 0 Å². The number of hydrogen-bond donors (Lipinski definition) is 1. The van der Waals surface area contributed by atoms with Gasteiger partial charge in [-0.15, -0.1) is 0 Å². The molecule has 0 aliphatic carbocycles. The number of fused-ring (bicyclic) bond motifs is 2. The number of aromatic nitrogens is 1. The van der Waals surface area contributed by atoms with E-state index in [2.05, 4.69) is 54.1 Å². The molecule has 1 aliphatic heterocycles. The lowest BCUT2D eigenvalue weighted by Gasteiger charge is -2.03. The van der Waals surface area contributed by atoms with Crippen molar-refractivity contribution >= 4 is 10.9 Å². The Morgan fingerprint density at radius 1 is 1.16 bits per heavy atom. The molecule has 1 N–H and O–H groups in total. The van der Waals surface area contributed by atoms with Crippen molar-refractivity contribution in [2.45, 2.75) is 26.4 Å². The molecule has 0 saturated heterocycles. The summed E-state index contributed by atoms with van der Waals surface area (Å²) in [5.41, 5.74) is 5.84. The van der Waals surface area contributed by atoms with E-state index in [1.807, 2.05) is 0 Å². The van der Waals surface area contributed by atoms with E-state index in [1.54, 1.807) is 0 Å². The molecule has 0 amide bonds. The van der Waals surface area contributed by atoms with Crippen molar-refractivity contribution in [1.82, 2.24) is 14.8 Å². The second kappa shape index (κ2) is 4.99. The molecule has 0 saturated carbocycles. The molecule has 2 aromatic rings. The molecule has 0 unspecified atom stereocenters. The van der Waals surface area contributed by atoms with Crippen molar-refractivity contribution in [2.24, 2.45) is 7.05 Å². The SMILES string of the molecule is CCNCCc1cn(C)c2cc3c(cc12)CN(C)C3. The molecule has 0 bridgehead atoms. The van der Waals surface area contributed by atoms with E-state index in [4.69, 9.17) is 0 Å². The van der Waals surface area contributed by atoms with Gasteiger partial charge in [0.15, 0.2) is 0 Å². The molecule has 2 heterocycles. The molecule has 0 radical (unpaired) electrons. The maximum Gasteiger partial charge on any atom is 0.0484 e. The predicted molar refractivity (Wildman–Crippen MR) is 80.3 cm³/mol. The van der Waals surface area contributed by atoms with Crippen molar-refractivity contribution in [3.63, 3.8) is 0 Å². The molecule has 3 heteroatoms. The summed E-state index contributed by atoms with van der Waals surface area (Å²) in [7, 11) is 4.35. The molecule has 19 heavy (non-hydrogen) atoms. The van der Waals surface area contributed by atoms with E-state index in [1.165, 1.54) is 27.6 Å². The van der Waals surface area contributed by atoms with Crippen molar-refractivity contribution in [3.05, 3.63) is 35.0 Å². The Kier molecular flexibility index (Phi) is 3.33. The average molecular weight is 257 g/mol. The molecule has 0 spiro atoms. The van der Waals surface area contributed by atoms with E-state index in [-0.39, 0.29) is 0 Å². The standard InChI is InChI=1S/C16H23N3/c1-4-17-6-5-12-11-19(3)16-8-14-10-18(2)9-13(14)7-15(12)16/h7-8,11,17H,4-6,9-10H2,1-3H3. The molecule has 0 fully saturated rings. The van der Waals surface area contributed by atoms with Gasteiger partial charge in [-0.3, -0.25) is 4.90 Å². The Balaban J connectivity index is 1.98. The molecule has 1 aliphatic rings. The number of hydrogen-bond acceptors (Lipinski definition) is 2. The minimum Gasteiger partial charge on any atom is -0.350 e. The van der Waals surface area contributed by atoms with Crippen LogP contribution in [-0.4, -0.2) is 29.6 Å². The van der Waals surface area contributed by atoms with Crippen LogP contribution in [0.1, 0.15) is 23.6 Å². The van der Waals surface area contributed by atoms with Gasteiger partial charge in [0.1, 0.15) is 0 Å². The van der Waals surface area contributed by atoms with Crippen LogP contribution >= 0.6 is 0 Å². The van der Waals surface area contributed by atoms with Gasteiger partial charge in [-0.05, 0) is 55.4 Å². The summed E-state index contributed by atoms with van der Waals surface area (Å²) < 4.78 is 2.27. The van der Waals surface area contributed by atoms with Crippen molar-refractivity contribution < 1.29 is 0 Å². The predicted octanol–water partition coefficient (Wildman–Crippen LogP) is 2.28. The number of likely N-dealkylation sites (N-methyl/N-ethyl adjacent to an activating group) is 1. The van der Waals surface area contributed by atoms with E-state index in [0.29, 0.717) is 0 Å². The third-order valence-corrected chi connectivity index (χ3v) is 4.09. The molecule has 1 aromatic carbocycles. The minimum atomic E-state index is 1.05. The zero-order chi connectivity index (χ0) is 13.4. The zero-order valence-corrected chi connectivity index (χ0v) is 12.2. The summed E-state index contributed by atoms with van der Waals surface area (Å²) in [5.74, 6) is 0. The largest absolute Gasteiger partial charge is 0.350 e. The Morgan fingerprint density at radius 3 is 2.63 bits per heavy atom. The first-order chi connectivity index (χ1) is 9.19. The highest BCUT2D eigenvalue weighted by Gasteiger charge is 2.18. The third-order valence-electron chi connectivity index (χ3n) is 4.09. The highest BCUT2D eigenvalue weighted by Crippen LogP contribution is 2.29. The summed E-state index contributed by atoms with van der Waals surface area (Å²) in [6, 6.07) is 4.79. The monoisotopic (exact) mass is 257 g/mol. The summed E-state index contributed by atoms with van der Waals surface area (Å²) >= 11 is 0. The topological polar surface area (TPSA) is 20.2 Å². The second-order valence-electron chi connectivity index (χ2n) is 5.68. The van der Waals surface area contributed by atoms with E-state index in [0.717, 1.165) is 32.6 Å². The maximum absolute atomic E-state index is 3.41. The first kappa shape index (κ1) is 12.7. The summed E-state index contributed by atoms with van der Waals surface area (Å²) in [6.07, 6.45) is 3.40. The van der Waals surface area contributed by atoms with Crippen LogP contribution in [0.15, 0.2) is 18.3 Å². The normalized spacial score (nSPS) is 15.3. The Hall–Kier alpha value is -1.32. The van der Waals surface area contributed by atoms with Gasteiger partial charge in [0.2, 0.25) is 0 Å². The fraction of sp³-hybridized carbons (Fsp3) is 0.500. The number of nitrogens with one attached hydrogen (secondary N) is 1.